The summed E-state index contributed by atoms with van der Waals surface area (Å²) in [6.07, 6.45) is 3.21. The zero-order valence-corrected chi connectivity index (χ0v) is 12.7. The first-order valence-electron chi connectivity index (χ1n) is 7.10. The van der Waals surface area contributed by atoms with Crippen LogP contribution in [0, 0.1) is 0 Å². The van der Waals surface area contributed by atoms with Gasteiger partial charge in [-0.3, -0.25) is 4.40 Å². The maximum Gasteiger partial charge on any atom is 0.407 e. The number of hydrogen-bond acceptors (Lipinski definition) is 4. The fourth-order valence-corrected chi connectivity index (χ4v) is 2.97. The minimum atomic E-state index is -0.908. The van der Waals surface area contributed by atoms with Gasteiger partial charge in [0.05, 0.1) is 11.0 Å². The number of carboxylic acid groups (broad SMARTS) is 1. The second-order valence-electron chi connectivity index (χ2n) is 5.33. The zero-order valence-electron chi connectivity index (χ0n) is 12.0. The molecule has 1 aliphatic rings. The number of benzene rings is 1. The Morgan fingerprint density at radius 3 is 2.96 bits per heavy atom. The van der Waals surface area contributed by atoms with Gasteiger partial charge in [0.1, 0.15) is 12.0 Å². The number of rotatable bonds is 1. The monoisotopic (exact) mass is 329 g/mol. The van der Waals surface area contributed by atoms with Crippen LogP contribution in [-0.2, 0) is 0 Å². The van der Waals surface area contributed by atoms with E-state index in [1.54, 1.807) is 12.4 Å². The first kappa shape index (κ1) is 14.0. The molecule has 0 fully saturated rings. The molecule has 0 saturated heterocycles. The molecule has 7 nitrogen and oxygen atoms in total. The third-order valence-corrected chi connectivity index (χ3v) is 4.21. The van der Waals surface area contributed by atoms with E-state index in [0.29, 0.717) is 30.2 Å². The largest absolute Gasteiger partial charge is 0.465 e. The number of aromatic nitrogens is 4. The Morgan fingerprint density at radius 1 is 1.35 bits per heavy atom. The highest BCUT2D eigenvalue weighted by atomic mass is 35.5. The van der Waals surface area contributed by atoms with Crippen molar-refractivity contribution in [3.05, 3.63) is 41.3 Å². The van der Waals surface area contributed by atoms with Gasteiger partial charge < -0.3 is 10.0 Å². The molecule has 1 N–H and O–H groups in total. The summed E-state index contributed by atoms with van der Waals surface area (Å²) in [5.41, 5.74) is 4.00. The molecule has 0 radical (unpaired) electrons. The van der Waals surface area contributed by atoms with Crippen LogP contribution >= 0.6 is 11.6 Å². The summed E-state index contributed by atoms with van der Waals surface area (Å²) in [7, 11) is 0. The van der Waals surface area contributed by atoms with Crippen LogP contribution in [0.5, 0.6) is 0 Å². The molecule has 0 saturated carbocycles. The van der Waals surface area contributed by atoms with Crippen LogP contribution in [0.15, 0.2) is 30.6 Å². The minimum Gasteiger partial charge on any atom is -0.465 e. The first-order chi connectivity index (χ1) is 11.1. The first-order valence-corrected chi connectivity index (χ1v) is 7.47. The molecule has 0 atom stereocenters. The predicted molar refractivity (Wildman–Crippen MR) is 85.5 cm³/mol. The van der Waals surface area contributed by atoms with E-state index in [4.69, 9.17) is 21.7 Å². The number of hydrogen-bond donors (Lipinski definition) is 1. The quantitative estimate of drug-likeness (QED) is 0.742. The van der Waals surface area contributed by atoms with Gasteiger partial charge in [0, 0.05) is 18.1 Å². The van der Waals surface area contributed by atoms with Crippen molar-refractivity contribution in [2.75, 3.05) is 13.1 Å². The molecule has 1 aromatic carbocycles. The molecule has 0 unspecified atom stereocenters. The second kappa shape index (κ2) is 5.20. The van der Waals surface area contributed by atoms with Gasteiger partial charge in [0.15, 0.2) is 5.65 Å². The highest BCUT2D eigenvalue weighted by molar-refractivity contribution is 6.31. The molecule has 0 aliphatic carbocycles. The van der Waals surface area contributed by atoms with E-state index in [0.717, 1.165) is 22.3 Å². The van der Waals surface area contributed by atoms with Crippen molar-refractivity contribution in [3.8, 4) is 0 Å². The van der Waals surface area contributed by atoms with E-state index in [2.05, 4.69) is 10.2 Å². The fourth-order valence-electron chi connectivity index (χ4n) is 2.80. The molecule has 0 bridgehead atoms. The third kappa shape index (κ3) is 2.29. The lowest BCUT2D eigenvalue weighted by molar-refractivity contribution is 0.150. The van der Waals surface area contributed by atoms with Crippen molar-refractivity contribution >= 4 is 39.9 Å². The molecular formula is C15H12ClN5O2. The van der Waals surface area contributed by atoms with Crippen molar-refractivity contribution in [2.45, 2.75) is 6.42 Å². The van der Waals surface area contributed by atoms with Crippen molar-refractivity contribution in [1.29, 1.82) is 0 Å². The molecule has 23 heavy (non-hydrogen) atoms. The van der Waals surface area contributed by atoms with E-state index in [9.17, 15) is 4.79 Å². The van der Waals surface area contributed by atoms with Gasteiger partial charge in [-0.15, -0.1) is 10.2 Å². The number of amides is 1. The second-order valence-corrected chi connectivity index (χ2v) is 5.76. The average molecular weight is 330 g/mol. The summed E-state index contributed by atoms with van der Waals surface area (Å²) in [6.45, 7) is 0.799. The van der Waals surface area contributed by atoms with Crippen molar-refractivity contribution in [3.63, 3.8) is 0 Å². The van der Waals surface area contributed by atoms with Crippen molar-refractivity contribution in [1.82, 2.24) is 24.5 Å². The fraction of sp³-hybridized carbons (Fsp3) is 0.200. The van der Waals surface area contributed by atoms with Crippen molar-refractivity contribution in [2.24, 2.45) is 0 Å². The molecule has 1 amide bonds. The van der Waals surface area contributed by atoms with Gasteiger partial charge in [-0.05, 0) is 30.2 Å². The van der Waals surface area contributed by atoms with Crippen LogP contribution in [0.4, 0.5) is 4.79 Å². The highest BCUT2D eigenvalue weighted by Crippen LogP contribution is 2.27. The summed E-state index contributed by atoms with van der Waals surface area (Å²) in [6, 6.07) is 5.47. The summed E-state index contributed by atoms with van der Waals surface area (Å²) in [5, 5.41) is 17.8. The smallest absolute Gasteiger partial charge is 0.407 e. The SMILES string of the molecule is O=C(O)N1CC=C(c2nc3ccc(Cl)cc3n3cnnc23)CC1. The minimum absolute atomic E-state index is 0.352. The van der Waals surface area contributed by atoms with Crippen LogP contribution in [0.2, 0.25) is 5.02 Å². The van der Waals surface area contributed by atoms with Crippen LogP contribution < -0.4 is 0 Å². The average Bonchev–Trinajstić information content (AvgIpc) is 3.04. The van der Waals surface area contributed by atoms with Gasteiger partial charge >= 0.3 is 6.09 Å². The molecule has 8 heteroatoms. The topological polar surface area (TPSA) is 83.6 Å². The standard InChI is InChI=1S/C15H12ClN5O2/c16-10-1-2-11-12(7-10)21-8-17-19-14(21)13(18-11)9-3-5-20(6-4-9)15(22)23/h1-3,7-8H,4-6H2,(H,22,23). The van der Waals surface area contributed by atoms with Gasteiger partial charge in [0.25, 0.3) is 0 Å². The van der Waals surface area contributed by atoms with E-state index >= 15 is 0 Å². The van der Waals surface area contributed by atoms with Gasteiger partial charge in [-0.2, -0.15) is 0 Å². The molecule has 3 heterocycles. The Kier molecular flexibility index (Phi) is 3.16. The molecule has 4 rings (SSSR count). The molecular weight excluding hydrogens is 318 g/mol. The predicted octanol–water partition coefficient (Wildman–Crippen LogP) is 2.70. The van der Waals surface area contributed by atoms with Crippen LogP contribution in [0.25, 0.3) is 22.3 Å². The summed E-state index contributed by atoms with van der Waals surface area (Å²) in [5.74, 6) is 0. The molecule has 116 valence electrons. The van der Waals surface area contributed by atoms with Crippen LogP contribution in [0.1, 0.15) is 12.1 Å². The van der Waals surface area contributed by atoms with E-state index in [1.165, 1.54) is 4.90 Å². The number of halogens is 1. The summed E-state index contributed by atoms with van der Waals surface area (Å²) < 4.78 is 1.86. The Bertz CT molecular complexity index is 965. The Labute approximate surface area is 135 Å². The lowest BCUT2D eigenvalue weighted by Crippen LogP contribution is -2.33. The van der Waals surface area contributed by atoms with Crippen LogP contribution in [0.3, 0.4) is 0 Å². The lowest BCUT2D eigenvalue weighted by atomic mass is 10.0. The Morgan fingerprint density at radius 2 is 2.22 bits per heavy atom. The zero-order chi connectivity index (χ0) is 16.0. The number of fused-ring (bicyclic) bond motifs is 3. The third-order valence-electron chi connectivity index (χ3n) is 3.97. The highest BCUT2D eigenvalue weighted by Gasteiger charge is 2.20. The summed E-state index contributed by atoms with van der Waals surface area (Å²) >= 11 is 6.07. The summed E-state index contributed by atoms with van der Waals surface area (Å²) in [4.78, 5) is 17.1. The van der Waals surface area contributed by atoms with E-state index < -0.39 is 6.09 Å². The van der Waals surface area contributed by atoms with Gasteiger partial charge in [0.2, 0.25) is 0 Å². The van der Waals surface area contributed by atoms with Gasteiger partial charge in [-0.1, -0.05) is 17.7 Å². The normalized spacial score (nSPS) is 15.2. The van der Waals surface area contributed by atoms with Crippen LogP contribution in [-0.4, -0.2) is 48.8 Å². The molecule has 1 aliphatic heterocycles. The molecule has 2 aromatic heterocycles. The number of carbonyl (C=O) groups is 1. The van der Waals surface area contributed by atoms with Crippen molar-refractivity contribution < 1.29 is 9.90 Å². The maximum absolute atomic E-state index is 11.0. The Hall–Kier alpha value is -2.67. The van der Waals surface area contributed by atoms with Gasteiger partial charge in [-0.25, -0.2) is 9.78 Å². The maximum atomic E-state index is 11.0. The Balaban J connectivity index is 1.88. The number of nitrogens with zero attached hydrogens (tertiary/aromatic N) is 5. The van der Waals surface area contributed by atoms with E-state index in [1.807, 2.05) is 22.6 Å². The molecule has 3 aromatic rings. The lowest BCUT2D eigenvalue weighted by Gasteiger charge is -2.23. The molecule has 0 spiro atoms. The van der Waals surface area contributed by atoms with E-state index in [-0.39, 0.29) is 0 Å².